The van der Waals surface area contributed by atoms with Crippen molar-refractivity contribution in [1.29, 1.82) is 0 Å². The van der Waals surface area contributed by atoms with Crippen molar-refractivity contribution >= 4 is 0 Å². The Kier molecular flexibility index (Phi) is 7.13. The third kappa shape index (κ3) is 6.46. The van der Waals surface area contributed by atoms with Gasteiger partial charge in [-0.25, -0.2) is 0 Å². The summed E-state index contributed by atoms with van der Waals surface area (Å²) in [6, 6.07) is 2.32. The fraction of sp³-hybridized carbons (Fsp3) is 0.733. The lowest BCUT2D eigenvalue weighted by atomic mass is 10.1. The highest BCUT2D eigenvalue weighted by Crippen LogP contribution is 2.23. The van der Waals surface area contributed by atoms with Crippen molar-refractivity contribution < 1.29 is 13.2 Å². The van der Waals surface area contributed by atoms with E-state index in [1.54, 1.807) is 0 Å². The molecule has 1 rings (SSSR count). The molecule has 1 heterocycles. The molecule has 0 amide bonds. The van der Waals surface area contributed by atoms with E-state index in [4.69, 9.17) is 0 Å². The van der Waals surface area contributed by atoms with E-state index in [1.165, 1.54) is 5.56 Å². The Labute approximate surface area is 119 Å². The van der Waals surface area contributed by atoms with Gasteiger partial charge in [0.2, 0.25) is 0 Å². The SMILES string of the molecule is CCCNC(CCC)c1ccn(CCCC(F)(F)F)c1. The van der Waals surface area contributed by atoms with Crippen molar-refractivity contribution in [2.24, 2.45) is 0 Å². The lowest BCUT2D eigenvalue weighted by Gasteiger charge is -2.16. The maximum absolute atomic E-state index is 12.1. The van der Waals surface area contributed by atoms with E-state index >= 15 is 0 Å². The monoisotopic (exact) mass is 290 g/mol. The molecule has 1 unspecified atom stereocenters. The van der Waals surface area contributed by atoms with E-state index in [1.807, 2.05) is 23.0 Å². The average molecular weight is 290 g/mol. The first-order valence-corrected chi connectivity index (χ1v) is 7.42. The van der Waals surface area contributed by atoms with E-state index in [9.17, 15) is 13.2 Å². The van der Waals surface area contributed by atoms with E-state index in [2.05, 4.69) is 19.2 Å². The van der Waals surface area contributed by atoms with Gasteiger partial charge in [0, 0.05) is 31.4 Å². The largest absolute Gasteiger partial charge is 0.389 e. The number of hydrogen-bond donors (Lipinski definition) is 1. The van der Waals surface area contributed by atoms with Crippen LogP contribution in [0.2, 0.25) is 0 Å². The van der Waals surface area contributed by atoms with Crippen molar-refractivity contribution in [1.82, 2.24) is 9.88 Å². The minimum Gasteiger partial charge on any atom is -0.354 e. The first kappa shape index (κ1) is 17.1. The van der Waals surface area contributed by atoms with Crippen LogP contribution in [0.4, 0.5) is 13.2 Å². The second-order valence-corrected chi connectivity index (χ2v) is 5.20. The molecular formula is C15H25F3N2. The summed E-state index contributed by atoms with van der Waals surface area (Å²) in [5.74, 6) is 0. The molecule has 0 fully saturated rings. The van der Waals surface area contributed by atoms with Gasteiger partial charge < -0.3 is 9.88 Å². The lowest BCUT2D eigenvalue weighted by Crippen LogP contribution is -2.21. The lowest BCUT2D eigenvalue weighted by molar-refractivity contribution is -0.135. The first-order valence-electron chi connectivity index (χ1n) is 7.42. The molecule has 20 heavy (non-hydrogen) atoms. The van der Waals surface area contributed by atoms with Crippen molar-refractivity contribution in [2.45, 2.75) is 64.7 Å². The van der Waals surface area contributed by atoms with Crippen molar-refractivity contribution in [3.63, 3.8) is 0 Å². The van der Waals surface area contributed by atoms with Gasteiger partial charge in [0.1, 0.15) is 0 Å². The molecule has 1 N–H and O–H groups in total. The number of halogens is 3. The highest BCUT2D eigenvalue weighted by molar-refractivity contribution is 5.15. The number of aromatic nitrogens is 1. The molecule has 0 saturated carbocycles. The molecule has 116 valence electrons. The quantitative estimate of drug-likeness (QED) is 0.699. The molecule has 0 spiro atoms. The normalized spacial score (nSPS) is 13.7. The summed E-state index contributed by atoms with van der Waals surface area (Å²) in [7, 11) is 0. The van der Waals surface area contributed by atoms with E-state index in [-0.39, 0.29) is 6.42 Å². The number of rotatable bonds is 9. The third-order valence-electron chi connectivity index (χ3n) is 3.27. The smallest absolute Gasteiger partial charge is 0.354 e. The van der Waals surface area contributed by atoms with Gasteiger partial charge in [-0.2, -0.15) is 13.2 Å². The van der Waals surface area contributed by atoms with Crippen LogP contribution < -0.4 is 5.32 Å². The molecular weight excluding hydrogens is 265 g/mol. The molecule has 1 atom stereocenters. The molecule has 0 aliphatic rings. The fourth-order valence-electron chi connectivity index (χ4n) is 2.26. The summed E-state index contributed by atoms with van der Waals surface area (Å²) in [6.45, 7) is 5.65. The van der Waals surface area contributed by atoms with Crippen molar-refractivity contribution in [2.75, 3.05) is 6.54 Å². The number of hydrogen-bond acceptors (Lipinski definition) is 1. The summed E-state index contributed by atoms with van der Waals surface area (Å²) in [5.41, 5.74) is 1.17. The van der Waals surface area contributed by atoms with Crippen molar-refractivity contribution in [3.05, 3.63) is 24.0 Å². The zero-order valence-electron chi connectivity index (χ0n) is 12.3. The summed E-state index contributed by atoms with van der Waals surface area (Å²) in [4.78, 5) is 0. The Morgan fingerprint density at radius 2 is 2.00 bits per heavy atom. The van der Waals surface area contributed by atoms with Crippen LogP contribution in [0.25, 0.3) is 0 Å². The summed E-state index contributed by atoms with van der Waals surface area (Å²) >= 11 is 0. The zero-order valence-corrected chi connectivity index (χ0v) is 12.3. The minimum absolute atomic E-state index is 0.137. The predicted octanol–water partition coefficient (Wildman–Crippen LogP) is 4.67. The highest BCUT2D eigenvalue weighted by atomic mass is 19.4. The maximum atomic E-state index is 12.1. The van der Waals surface area contributed by atoms with Crippen LogP contribution in [0.1, 0.15) is 57.6 Å². The van der Waals surface area contributed by atoms with Gasteiger partial charge in [-0.05, 0) is 37.4 Å². The molecule has 0 aromatic carbocycles. The van der Waals surface area contributed by atoms with Gasteiger partial charge in [0.05, 0.1) is 0 Å². The Morgan fingerprint density at radius 1 is 1.25 bits per heavy atom. The molecule has 0 bridgehead atoms. The fourth-order valence-corrected chi connectivity index (χ4v) is 2.26. The molecule has 0 saturated heterocycles. The molecule has 1 aromatic heterocycles. The van der Waals surface area contributed by atoms with E-state index < -0.39 is 12.6 Å². The first-order chi connectivity index (χ1) is 9.46. The summed E-state index contributed by atoms with van der Waals surface area (Å²) in [5, 5.41) is 3.49. The van der Waals surface area contributed by atoms with Crippen LogP contribution in [0.3, 0.4) is 0 Å². The van der Waals surface area contributed by atoms with Gasteiger partial charge in [0.25, 0.3) is 0 Å². The molecule has 5 heteroatoms. The van der Waals surface area contributed by atoms with Crippen molar-refractivity contribution in [3.8, 4) is 0 Å². The number of nitrogens with zero attached hydrogens (tertiary/aromatic N) is 1. The molecule has 0 aliphatic carbocycles. The molecule has 0 aliphatic heterocycles. The van der Waals surface area contributed by atoms with Crippen LogP contribution >= 0.6 is 0 Å². The van der Waals surface area contributed by atoms with Crippen LogP contribution in [-0.2, 0) is 6.54 Å². The minimum atomic E-state index is -4.05. The third-order valence-corrected chi connectivity index (χ3v) is 3.27. The van der Waals surface area contributed by atoms with E-state index in [0.717, 1.165) is 25.8 Å². The summed E-state index contributed by atoms with van der Waals surface area (Å²) < 4.78 is 38.2. The van der Waals surface area contributed by atoms with Gasteiger partial charge in [-0.3, -0.25) is 0 Å². The highest BCUT2D eigenvalue weighted by Gasteiger charge is 2.26. The van der Waals surface area contributed by atoms with Gasteiger partial charge in [0.15, 0.2) is 0 Å². The number of aryl methyl sites for hydroxylation is 1. The Bertz CT molecular complexity index is 371. The van der Waals surface area contributed by atoms with Crippen LogP contribution in [-0.4, -0.2) is 17.3 Å². The zero-order chi connectivity index (χ0) is 15.0. The van der Waals surface area contributed by atoms with Crippen LogP contribution in [0.5, 0.6) is 0 Å². The van der Waals surface area contributed by atoms with Crippen LogP contribution in [0.15, 0.2) is 18.5 Å². The van der Waals surface area contributed by atoms with Gasteiger partial charge in [-0.1, -0.05) is 20.3 Å². The van der Waals surface area contributed by atoms with E-state index in [0.29, 0.717) is 12.6 Å². The Hall–Kier alpha value is -0.970. The Balaban J connectivity index is 2.50. The molecule has 1 aromatic rings. The van der Waals surface area contributed by atoms with Crippen LogP contribution in [0, 0.1) is 0 Å². The van der Waals surface area contributed by atoms with Gasteiger partial charge >= 0.3 is 6.18 Å². The average Bonchev–Trinajstić information content (AvgIpc) is 2.81. The van der Waals surface area contributed by atoms with Gasteiger partial charge in [-0.15, -0.1) is 0 Å². The molecule has 0 radical (unpaired) electrons. The molecule has 2 nitrogen and oxygen atoms in total. The predicted molar refractivity (Wildman–Crippen MR) is 75.7 cm³/mol. The number of nitrogens with one attached hydrogen (secondary N) is 1. The number of alkyl halides is 3. The maximum Gasteiger partial charge on any atom is 0.389 e. The second-order valence-electron chi connectivity index (χ2n) is 5.20. The summed E-state index contributed by atoms with van der Waals surface area (Å²) in [6.07, 6.45) is 2.43. The standard InChI is InChI=1S/C15H25F3N2/c1-3-6-14(19-9-4-2)13-7-11-20(12-13)10-5-8-15(16,17)18/h7,11-12,14,19H,3-6,8-10H2,1-2H3. The topological polar surface area (TPSA) is 17.0 Å². The second kappa shape index (κ2) is 8.35. The Morgan fingerprint density at radius 3 is 2.60 bits per heavy atom.